The standard InChI is InChI=1S/C22H21FN4O2S/c1-14-19(30-21(25-14)15-4-2-10-24-12-15)22(29)27-11-3-5-16(13-27)20(28)26-18-8-6-17(23)7-9-18/h2,4,6-10,12,16H,3,5,11,13H2,1H3,(H,26,28). The molecule has 1 unspecified atom stereocenters. The Hall–Kier alpha value is -3.13. The second-order valence-corrected chi connectivity index (χ2v) is 8.26. The average molecular weight is 425 g/mol. The van der Waals surface area contributed by atoms with E-state index >= 15 is 0 Å². The SMILES string of the molecule is Cc1nc(-c2cccnc2)sc1C(=O)N1CCCC(C(=O)Nc2ccc(F)cc2)C1. The summed E-state index contributed by atoms with van der Waals surface area (Å²) in [5.41, 5.74) is 2.10. The third kappa shape index (κ3) is 4.38. The molecule has 1 aromatic carbocycles. The molecule has 3 aromatic rings. The molecule has 1 saturated heterocycles. The van der Waals surface area contributed by atoms with Gasteiger partial charge in [-0.05, 0) is 56.2 Å². The fourth-order valence-electron chi connectivity index (χ4n) is 3.50. The lowest BCUT2D eigenvalue weighted by Crippen LogP contribution is -2.43. The highest BCUT2D eigenvalue weighted by Gasteiger charge is 2.30. The Morgan fingerprint density at radius 2 is 2.03 bits per heavy atom. The molecule has 8 heteroatoms. The molecule has 0 bridgehead atoms. The topological polar surface area (TPSA) is 75.2 Å². The summed E-state index contributed by atoms with van der Waals surface area (Å²) in [5, 5.41) is 3.57. The van der Waals surface area contributed by atoms with Crippen molar-refractivity contribution in [2.45, 2.75) is 19.8 Å². The van der Waals surface area contributed by atoms with Gasteiger partial charge >= 0.3 is 0 Å². The Morgan fingerprint density at radius 3 is 2.77 bits per heavy atom. The van der Waals surface area contributed by atoms with Crippen molar-refractivity contribution < 1.29 is 14.0 Å². The van der Waals surface area contributed by atoms with Crippen LogP contribution < -0.4 is 5.32 Å². The minimum Gasteiger partial charge on any atom is -0.337 e. The van der Waals surface area contributed by atoms with Crippen LogP contribution in [0.25, 0.3) is 10.6 Å². The van der Waals surface area contributed by atoms with E-state index in [-0.39, 0.29) is 23.5 Å². The zero-order valence-corrected chi connectivity index (χ0v) is 17.3. The van der Waals surface area contributed by atoms with E-state index in [1.54, 1.807) is 17.3 Å². The zero-order chi connectivity index (χ0) is 21.1. The van der Waals surface area contributed by atoms with Crippen molar-refractivity contribution in [3.63, 3.8) is 0 Å². The molecule has 0 spiro atoms. The summed E-state index contributed by atoms with van der Waals surface area (Å²) in [7, 11) is 0. The smallest absolute Gasteiger partial charge is 0.265 e. The van der Waals surface area contributed by atoms with Gasteiger partial charge in [-0.1, -0.05) is 0 Å². The Morgan fingerprint density at radius 1 is 1.23 bits per heavy atom. The molecule has 4 rings (SSSR count). The number of carbonyl (C=O) groups excluding carboxylic acids is 2. The molecule has 1 N–H and O–H groups in total. The van der Waals surface area contributed by atoms with Crippen LogP contribution in [0.3, 0.4) is 0 Å². The van der Waals surface area contributed by atoms with E-state index in [0.717, 1.165) is 17.0 Å². The third-order valence-corrected chi connectivity index (χ3v) is 6.28. The maximum absolute atomic E-state index is 13.1. The molecular weight excluding hydrogens is 403 g/mol. The van der Waals surface area contributed by atoms with Crippen molar-refractivity contribution in [2.24, 2.45) is 5.92 Å². The minimum atomic E-state index is -0.354. The number of thiazole rings is 1. The first-order valence-corrected chi connectivity index (χ1v) is 10.6. The highest BCUT2D eigenvalue weighted by molar-refractivity contribution is 7.17. The van der Waals surface area contributed by atoms with Crippen LogP contribution in [-0.4, -0.2) is 39.8 Å². The summed E-state index contributed by atoms with van der Waals surface area (Å²) >= 11 is 1.35. The quantitative estimate of drug-likeness (QED) is 0.683. The Labute approximate surface area is 177 Å². The van der Waals surface area contributed by atoms with Gasteiger partial charge in [0.15, 0.2) is 0 Å². The molecule has 154 valence electrons. The molecule has 2 amide bonds. The number of hydrogen-bond acceptors (Lipinski definition) is 5. The van der Waals surface area contributed by atoms with Crippen LogP contribution in [0.1, 0.15) is 28.2 Å². The second-order valence-electron chi connectivity index (χ2n) is 7.26. The number of hydrogen-bond donors (Lipinski definition) is 1. The molecule has 2 aromatic heterocycles. The van der Waals surface area contributed by atoms with E-state index < -0.39 is 0 Å². The monoisotopic (exact) mass is 424 g/mol. The summed E-state index contributed by atoms with van der Waals surface area (Å²) in [5.74, 6) is -0.914. The van der Waals surface area contributed by atoms with Crippen molar-refractivity contribution in [1.82, 2.24) is 14.9 Å². The van der Waals surface area contributed by atoms with Crippen molar-refractivity contribution in [3.05, 3.63) is 65.2 Å². The maximum atomic E-state index is 13.1. The van der Waals surface area contributed by atoms with Crippen molar-refractivity contribution in [1.29, 1.82) is 0 Å². The number of halogens is 1. The molecule has 30 heavy (non-hydrogen) atoms. The molecule has 6 nitrogen and oxygen atoms in total. The van der Waals surface area contributed by atoms with Crippen molar-refractivity contribution >= 4 is 28.8 Å². The van der Waals surface area contributed by atoms with Crippen molar-refractivity contribution in [2.75, 3.05) is 18.4 Å². The van der Waals surface area contributed by atoms with Crippen molar-refractivity contribution in [3.8, 4) is 10.6 Å². The molecule has 3 heterocycles. The van der Waals surface area contributed by atoms with Crippen LogP contribution >= 0.6 is 11.3 Å². The maximum Gasteiger partial charge on any atom is 0.265 e. The molecule has 0 saturated carbocycles. The average Bonchev–Trinajstić information content (AvgIpc) is 3.17. The van der Waals surface area contributed by atoms with E-state index in [1.165, 1.54) is 35.6 Å². The number of nitrogens with zero attached hydrogens (tertiary/aromatic N) is 3. The largest absolute Gasteiger partial charge is 0.337 e. The second kappa shape index (κ2) is 8.71. The predicted octanol–water partition coefficient (Wildman–Crippen LogP) is 4.14. The van der Waals surface area contributed by atoms with Crippen LogP contribution in [-0.2, 0) is 4.79 Å². The van der Waals surface area contributed by atoms with Gasteiger partial charge in [0, 0.05) is 36.7 Å². The van der Waals surface area contributed by atoms with E-state index in [2.05, 4.69) is 15.3 Å². The van der Waals surface area contributed by atoms with E-state index in [0.29, 0.717) is 35.8 Å². The minimum absolute atomic E-state index is 0.0978. The Kier molecular flexibility index (Phi) is 5.85. The first-order valence-electron chi connectivity index (χ1n) is 9.75. The van der Waals surface area contributed by atoms with Gasteiger partial charge in [-0.25, -0.2) is 9.37 Å². The lowest BCUT2D eigenvalue weighted by molar-refractivity contribution is -0.121. The third-order valence-electron chi connectivity index (χ3n) is 5.09. The number of likely N-dealkylation sites (tertiary alicyclic amines) is 1. The normalized spacial score (nSPS) is 16.3. The zero-order valence-electron chi connectivity index (χ0n) is 16.5. The highest BCUT2D eigenvalue weighted by Crippen LogP contribution is 2.29. The van der Waals surface area contributed by atoms with Gasteiger partial charge < -0.3 is 10.2 Å². The van der Waals surface area contributed by atoms with Crippen LogP contribution in [0.2, 0.25) is 0 Å². The number of amides is 2. The van der Waals surface area contributed by atoms with Crippen LogP contribution in [0.5, 0.6) is 0 Å². The first-order chi connectivity index (χ1) is 14.5. The fraction of sp³-hybridized carbons (Fsp3) is 0.273. The summed E-state index contributed by atoms with van der Waals surface area (Å²) in [6, 6.07) is 9.41. The number of aryl methyl sites for hydroxylation is 1. The molecule has 1 aliphatic heterocycles. The summed E-state index contributed by atoms with van der Waals surface area (Å²) in [6.45, 7) is 2.79. The number of carbonyl (C=O) groups is 2. The number of pyridine rings is 1. The highest BCUT2D eigenvalue weighted by atomic mass is 32.1. The van der Waals surface area contributed by atoms with Gasteiger partial charge in [0.25, 0.3) is 5.91 Å². The van der Waals surface area contributed by atoms with Gasteiger partial charge in [-0.3, -0.25) is 14.6 Å². The fourth-order valence-corrected chi connectivity index (χ4v) is 4.53. The number of piperidine rings is 1. The number of aromatic nitrogens is 2. The van der Waals surface area contributed by atoms with Gasteiger partial charge in [0.2, 0.25) is 5.91 Å². The van der Waals surface area contributed by atoms with E-state index in [1.807, 2.05) is 19.1 Å². The number of benzene rings is 1. The summed E-state index contributed by atoms with van der Waals surface area (Å²) in [6.07, 6.45) is 4.88. The van der Waals surface area contributed by atoms with Gasteiger partial charge in [0.05, 0.1) is 11.6 Å². The number of rotatable bonds is 4. The first kappa shape index (κ1) is 20.2. The molecule has 0 aliphatic carbocycles. The molecule has 1 atom stereocenters. The number of anilines is 1. The lowest BCUT2D eigenvalue weighted by Gasteiger charge is -2.31. The Balaban J connectivity index is 1.45. The lowest BCUT2D eigenvalue weighted by atomic mass is 9.96. The predicted molar refractivity (Wildman–Crippen MR) is 114 cm³/mol. The molecular formula is C22H21FN4O2S. The molecule has 1 fully saturated rings. The van der Waals surface area contributed by atoms with Gasteiger partial charge in [0.1, 0.15) is 15.7 Å². The number of nitrogens with one attached hydrogen (secondary N) is 1. The van der Waals surface area contributed by atoms with Crippen LogP contribution in [0, 0.1) is 18.7 Å². The van der Waals surface area contributed by atoms with Gasteiger partial charge in [-0.15, -0.1) is 11.3 Å². The van der Waals surface area contributed by atoms with E-state index in [4.69, 9.17) is 0 Å². The van der Waals surface area contributed by atoms with E-state index in [9.17, 15) is 14.0 Å². The molecule has 1 aliphatic rings. The van der Waals surface area contributed by atoms with Crippen LogP contribution in [0.4, 0.5) is 10.1 Å². The van der Waals surface area contributed by atoms with Gasteiger partial charge in [-0.2, -0.15) is 0 Å². The summed E-state index contributed by atoms with van der Waals surface area (Å²) in [4.78, 5) is 36.8. The Bertz CT molecular complexity index is 1050. The molecule has 0 radical (unpaired) electrons. The summed E-state index contributed by atoms with van der Waals surface area (Å²) < 4.78 is 13.1. The van der Waals surface area contributed by atoms with Crippen LogP contribution in [0.15, 0.2) is 48.8 Å².